The Kier molecular flexibility index (Phi) is 5.87. The highest BCUT2D eigenvalue weighted by Crippen LogP contribution is 2.30. The van der Waals surface area contributed by atoms with E-state index in [0.29, 0.717) is 23.6 Å². The van der Waals surface area contributed by atoms with Gasteiger partial charge in [0, 0.05) is 12.8 Å². The lowest BCUT2D eigenvalue weighted by Crippen LogP contribution is -2.19. The van der Waals surface area contributed by atoms with Gasteiger partial charge >= 0.3 is 0 Å². The van der Waals surface area contributed by atoms with Gasteiger partial charge in [0.15, 0.2) is 11.3 Å². The Morgan fingerprint density at radius 3 is 2.44 bits per heavy atom. The third kappa shape index (κ3) is 3.92. The summed E-state index contributed by atoms with van der Waals surface area (Å²) >= 11 is 0. The second kappa shape index (κ2) is 8.76. The molecule has 0 aliphatic carbocycles. The highest BCUT2D eigenvalue weighted by Gasteiger charge is 2.22. The number of hydrogen-bond donors (Lipinski definition) is 1. The highest BCUT2D eigenvalue weighted by molar-refractivity contribution is 6.04. The number of nitrogens with zero attached hydrogens (tertiary/aromatic N) is 4. The van der Waals surface area contributed by atoms with Crippen molar-refractivity contribution in [1.29, 1.82) is 0 Å². The normalized spacial score (nSPS) is 11.0. The fourth-order valence-electron chi connectivity index (χ4n) is 3.69. The molecule has 0 atom stereocenters. The Balaban J connectivity index is 1.77. The van der Waals surface area contributed by atoms with Crippen LogP contribution in [0.15, 0.2) is 42.5 Å². The molecule has 2 aromatic carbocycles. The van der Waals surface area contributed by atoms with E-state index in [0.717, 1.165) is 33.7 Å². The fourth-order valence-corrected chi connectivity index (χ4v) is 3.69. The van der Waals surface area contributed by atoms with E-state index in [9.17, 15) is 4.79 Å². The summed E-state index contributed by atoms with van der Waals surface area (Å²) in [7, 11) is 3.24. The minimum absolute atomic E-state index is 0.213. The zero-order chi connectivity index (χ0) is 22.8. The zero-order valence-corrected chi connectivity index (χ0v) is 18.8. The molecule has 0 radical (unpaired) electrons. The van der Waals surface area contributed by atoms with Crippen LogP contribution >= 0.6 is 0 Å². The van der Waals surface area contributed by atoms with E-state index in [4.69, 9.17) is 9.47 Å². The van der Waals surface area contributed by atoms with Crippen molar-refractivity contribution in [3.8, 4) is 16.9 Å². The molecule has 2 aromatic heterocycles. The molecule has 0 aliphatic rings. The largest absolute Gasteiger partial charge is 0.497 e. The van der Waals surface area contributed by atoms with E-state index < -0.39 is 0 Å². The van der Waals surface area contributed by atoms with Gasteiger partial charge in [-0.15, -0.1) is 10.2 Å². The Bertz CT molecular complexity index is 1300. The highest BCUT2D eigenvalue weighted by atomic mass is 16.5. The van der Waals surface area contributed by atoms with Gasteiger partial charge in [-0.3, -0.25) is 4.79 Å². The number of aryl methyl sites for hydroxylation is 3. The Morgan fingerprint density at radius 1 is 1.03 bits per heavy atom. The van der Waals surface area contributed by atoms with Crippen LogP contribution in [0.1, 0.15) is 33.0 Å². The molecule has 0 saturated carbocycles. The maximum atomic E-state index is 13.0. The van der Waals surface area contributed by atoms with E-state index in [1.165, 1.54) is 0 Å². The monoisotopic (exact) mass is 431 g/mol. The molecule has 2 heterocycles. The molecule has 4 rings (SSSR count). The van der Waals surface area contributed by atoms with Crippen LogP contribution in [-0.4, -0.2) is 39.9 Å². The summed E-state index contributed by atoms with van der Waals surface area (Å²) in [5.41, 5.74) is 6.64. The number of fused-ring (bicyclic) bond motifs is 1. The third-order valence-corrected chi connectivity index (χ3v) is 5.34. The first-order chi connectivity index (χ1) is 15.4. The molecule has 0 aliphatic heterocycles. The van der Waals surface area contributed by atoms with Crippen LogP contribution in [0.2, 0.25) is 0 Å². The van der Waals surface area contributed by atoms with Crippen molar-refractivity contribution in [2.24, 2.45) is 0 Å². The lowest BCUT2D eigenvalue weighted by Gasteiger charge is -2.10. The standard InChI is InChI=1S/C24H25N5O3/c1-14-6-11-19(15(2)12-14)25-24(30)22-16(3)29-23(27-26-22)21(20(28-29)13-31-4)17-7-9-18(32-5)10-8-17/h6-12H,13H2,1-5H3,(H,25,30). The number of rotatable bonds is 6. The summed E-state index contributed by atoms with van der Waals surface area (Å²) in [4.78, 5) is 13.0. The van der Waals surface area contributed by atoms with Gasteiger partial charge in [0.25, 0.3) is 5.91 Å². The van der Waals surface area contributed by atoms with Gasteiger partial charge in [-0.2, -0.15) is 5.10 Å². The van der Waals surface area contributed by atoms with Crippen LogP contribution in [0.25, 0.3) is 16.8 Å². The summed E-state index contributed by atoms with van der Waals surface area (Å²) in [6.45, 7) is 6.07. The Morgan fingerprint density at radius 2 is 1.78 bits per heavy atom. The average molecular weight is 431 g/mol. The SMILES string of the molecule is COCc1nn2c(C)c(C(=O)Nc3ccc(C)cc3C)nnc2c1-c1ccc(OC)cc1. The van der Waals surface area contributed by atoms with E-state index in [1.54, 1.807) is 25.7 Å². The molecular formula is C24H25N5O3. The number of anilines is 1. The number of aromatic nitrogens is 4. The van der Waals surface area contributed by atoms with Crippen molar-refractivity contribution in [1.82, 2.24) is 19.8 Å². The summed E-state index contributed by atoms with van der Waals surface area (Å²) < 4.78 is 12.3. The molecule has 0 saturated heterocycles. The van der Waals surface area contributed by atoms with E-state index in [1.807, 2.05) is 56.3 Å². The minimum Gasteiger partial charge on any atom is -0.497 e. The first-order valence-electron chi connectivity index (χ1n) is 10.2. The first kappa shape index (κ1) is 21.5. The minimum atomic E-state index is -0.335. The predicted molar refractivity (Wildman–Crippen MR) is 122 cm³/mol. The number of hydrogen-bond acceptors (Lipinski definition) is 6. The number of carbonyl (C=O) groups is 1. The molecule has 1 N–H and O–H groups in total. The molecule has 0 bridgehead atoms. The van der Waals surface area contributed by atoms with Crippen LogP contribution in [0.5, 0.6) is 5.75 Å². The van der Waals surface area contributed by atoms with Gasteiger partial charge in [0.2, 0.25) is 0 Å². The van der Waals surface area contributed by atoms with Gasteiger partial charge < -0.3 is 14.8 Å². The van der Waals surface area contributed by atoms with Crippen molar-refractivity contribution < 1.29 is 14.3 Å². The Hall–Kier alpha value is -3.78. The summed E-state index contributed by atoms with van der Waals surface area (Å²) in [5, 5.41) is 16.2. The molecule has 0 fully saturated rings. The van der Waals surface area contributed by atoms with Gasteiger partial charge in [0.1, 0.15) is 5.75 Å². The van der Waals surface area contributed by atoms with Crippen molar-refractivity contribution >= 4 is 17.2 Å². The molecule has 0 spiro atoms. The van der Waals surface area contributed by atoms with Gasteiger partial charge in [0.05, 0.1) is 30.7 Å². The number of carbonyl (C=O) groups excluding carboxylic acids is 1. The van der Waals surface area contributed by atoms with Crippen molar-refractivity contribution in [2.75, 3.05) is 19.5 Å². The molecule has 8 heteroatoms. The lowest BCUT2D eigenvalue weighted by molar-refractivity contribution is 0.102. The van der Waals surface area contributed by atoms with Crippen LogP contribution in [-0.2, 0) is 11.3 Å². The van der Waals surface area contributed by atoms with E-state index in [-0.39, 0.29) is 11.6 Å². The van der Waals surface area contributed by atoms with Crippen molar-refractivity contribution in [3.63, 3.8) is 0 Å². The second-order valence-electron chi connectivity index (χ2n) is 7.63. The number of nitrogens with one attached hydrogen (secondary N) is 1. The van der Waals surface area contributed by atoms with Gasteiger partial charge in [-0.05, 0) is 50.1 Å². The molecule has 164 valence electrons. The van der Waals surface area contributed by atoms with E-state index in [2.05, 4.69) is 20.6 Å². The van der Waals surface area contributed by atoms with Crippen molar-refractivity contribution in [2.45, 2.75) is 27.4 Å². The number of methoxy groups -OCH3 is 2. The maximum Gasteiger partial charge on any atom is 0.278 e. The second-order valence-corrected chi connectivity index (χ2v) is 7.63. The van der Waals surface area contributed by atoms with Crippen LogP contribution < -0.4 is 10.1 Å². The summed E-state index contributed by atoms with van der Waals surface area (Å²) in [6.07, 6.45) is 0. The fraction of sp³-hybridized carbons (Fsp3) is 0.250. The van der Waals surface area contributed by atoms with Crippen LogP contribution in [0.3, 0.4) is 0 Å². The molecule has 4 aromatic rings. The zero-order valence-electron chi connectivity index (χ0n) is 18.8. The molecule has 1 amide bonds. The number of benzene rings is 2. The van der Waals surface area contributed by atoms with Crippen LogP contribution in [0, 0.1) is 20.8 Å². The third-order valence-electron chi connectivity index (χ3n) is 5.34. The van der Waals surface area contributed by atoms with Gasteiger partial charge in [-0.25, -0.2) is 4.52 Å². The number of ether oxygens (including phenoxy) is 2. The summed E-state index contributed by atoms with van der Waals surface area (Å²) in [5.74, 6) is 0.421. The van der Waals surface area contributed by atoms with Gasteiger partial charge in [-0.1, -0.05) is 29.8 Å². The average Bonchev–Trinajstić information content (AvgIpc) is 3.15. The lowest BCUT2D eigenvalue weighted by atomic mass is 10.1. The molecule has 8 nitrogen and oxygen atoms in total. The van der Waals surface area contributed by atoms with Crippen LogP contribution in [0.4, 0.5) is 5.69 Å². The molecule has 32 heavy (non-hydrogen) atoms. The van der Waals surface area contributed by atoms with E-state index >= 15 is 0 Å². The molecule has 0 unspecified atom stereocenters. The van der Waals surface area contributed by atoms with Crippen molar-refractivity contribution in [3.05, 3.63) is 70.7 Å². The predicted octanol–water partition coefficient (Wildman–Crippen LogP) is 4.12. The molecular weight excluding hydrogens is 406 g/mol. The first-order valence-corrected chi connectivity index (χ1v) is 10.2. The topological polar surface area (TPSA) is 90.6 Å². The summed E-state index contributed by atoms with van der Waals surface area (Å²) in [6, 6.07) is 13.5. The maximum absolute atomic E-state index is 13.0. The quantitative estimate of drug-likeness (QED) is 0.494. The number of amides is 1. The Labute approximate surface area is 186 Å². The smallest absolute Gasteiger partial charge is 0.278 e.